The molecule has 0 saturated carbocycles. The number of carbonyl (C=O) groups is 1. The summed E-state index contributed by atoms with van der Waals surface area (Å²) < 4.78 is 4.03. The molecule has 0 aliphatic rings. The van der Waals surface area contributed by atoms with Crippen molar-refractivity contribution >= 4 is 44.8 Å². The Morgan fingerprint density at radius 2 is 1.62 bits per heavy atom. The third-order valence-electron chi connectivity index (χ3n) is 5.83. The number of para-hydroxylation sites is 2. The van der Waals surface area contributed by atoms with E-state index in [1.807, 2.05) is 37.4 Å². The number of hydrogen-bond acceptors (Lipinski definition) is 3. The van der Waals surface area contributed by atoms with E-state index in [0.717, 1.165) is 23.1 Å². The Morgan fingerprint density at radius 3 is 2.41 bits per heavy atom. The first kappa shape index (κ1) is 19.8. The average molecular weight is 422 g/mol. The fourth-order valence-corrected chi connectivity index (χ4v) is 4.31. The third kappa shape index (κ3) is 3.17. The molecule has 0 unspecified atom stereocenters. The summed E-state index contributed by atoms with van der Waals surface area (Å²) in [4.78, 5) is 25.4. The van der Waals surface area contributed by atoms with Gasteiger partial charge in [-0.05, 0) is 36.8 Å². The van der Waals surface area contributed by atoms with Gasteiger partial charge in [0.25, 0.3) is 5.91 Å². The summed E-state index contributed by atoms with van der Waals surface area (Å²) >= 11 is 0. The molecule has 5 rings (SSSR count). The van der Waals surface area contributed by atoms with Gasteiger partial charge in [0.1, 0.15) is 5.56 Å². The van der Waals surface area contributed by atoms with Crippen LogP contribution in [0.25, 0.3) is 32.7 Å². The fraction of sp³-hybridized carbons (Fsp3) is 0.115. The monoisotopic (exact) mass is 422 g/mol. The Balaban J connectivity index is 1.45. The summed E-state index contributed by atoms with van der Waals surface area (Å²) in [6.07, 6.45) is 3.14. The molecular weight excluding hydrogens is 400 g/mol. The van der Waals surface area contributed by atoms with Gasteiger partial charge in [-0.1, -0.05) is 42.5 Å². The summed E-state index contributed by atoms with van der Waals surface area (Å²) in [5.74, 6) is -0.531. The number of aromatic nitrogens is 2. The van der Waals surface area contributed by atoms with Gasteiger partial charge in [-0.3, -0.25) is 9.59 Å². The molecule has 1 amide bonds. The number of hydrazone groups is 1. The van der Waals surface area contributed by atoms with Crippen molar-refractivity contribution in [2.24, 2.45) is 12.1 Å². The molecule has 6 nitrogen and oxygen atoms in total. The highest BCUT2D eigenvalue weighted by Gasteiger charge is 2.14. The maximum Gasteiger partial charge on any atom is 0.276 e. The minimum Gasteiger partial charge on any atom is -0.350 e. The molecule has 0 bridgehead atoms. The van der Waals surface area contributed by atoms with Crippen molar-refractivity contribution in [3.05, 3.63) is 94.3 Å². The van der Waals surface area contributed by atoms with E-state index >= 15 is 0 Å². The topological polar surface area (TPSA) is 68.4 Å². The van der Waals surface area contributed by atoms with E-state index in [1.54, 1.807) is 29.1 Å². The standard InChI is InChI=1S/C26H22N4O2/c1-3-30-23-11-7-4-8-18(23)19-13-12-17(14-24(19)30)15-27-28-26(32)21-16-29(2)22-10-6-5-9-20(22)25(21)31/h4-16H,3H2,1-2H3,(H,28,32). The predicted molar refractivity (Wildman–Crippen MR) is 129 cm³/mol. The molecule has 0 atom stereocenters. The second-order valence-corrected chi connectivity index (χ2v) is 7.74. The number of benzene rings is 3. The quantitative estimate of drug-likeness (QED) is 0.344. The molecule has 32 heavy (non-hydrogen) atoms. The van der Waals surface area contributed by atoms with Crippen molar-refractivity contribution in [2.45, 2.75) is 13.5 Å². The number of aryl methyl sites for hydroxylation is 2. The maximum absolute atomic E-state index is 12.7. The van der Waals surface area contributed by atoms with Crippen molar-refractivity contribution in [3.63, 3.8) is 0 Å². The Labute approximate surface area is 184 Å². The highest BCUT2D eigenvalue weighted by atomic mass is 16.2. The van der Waals surface area contributed by atoms with E-state index in [-0.39, 0.29) is 11.0 Å². The van der Waals surface area contributed by atoms with E-state index in [4.69, 9.17) is 0 Å². The van der Waals surface area contributed by atoms with Crippen molar-refractivity contribution in [2.75, 3.05) is 0 Å². The van der Waals surface area contributed by atoms with E-state index < -0.39 is 5.91 Å². The maximum atomic E-state index is 12.7. The van der Waals surface area contributed by atoms with Crippen LogP contribution in [-0.2, 0) is 13.6 Å². The van der Waals surface area contributed by atoms with Gasteiger partial charge in [-0.15, -0.1) is 0 Å². The number of amides is 1. The van der Waals surface area contributed by atoms with Gasteiger partial charge in [-0.2, -0.15) is 5.10 Å². The minimum absolute atomic E-state index is 0.0601. The third-order valence-corrected chi connectivity index (χ3v) is 5.83. The largest absolute Gasteiger partial charge is 0.350 e. The summed E-state index contributed by atoms with van der Waals surface area (Å²) in [5.41, 5.74) is 6.20. The number of rotatable bonds is 4. The highest BCUT2D eigenvalue weighted by Crippen LogP contribution is 2.29. The van der Waals surface area contributed by atoms with E-state index in [0.29, 0.717) is 5.39 Å². The van der Waals surface area contributed by atoms with Crippen molar-refractivity contribution in [1.29, 1.82) is 0 Å². The molecule has 0 saturated heterocycles. The molecule has 3 aromatic carbocycles. The highest BCUT2D eigenvalue weighted by molar-refractivity contribution is 6.09. The van der Waals surface area contributed by atoms with Gasteiger partial charge in [-0.25, -0.2) is 5.43 Å². The van der Waals surface area contributed by atoms with Crippen LogP contribution in [0.5, 0.6) is 0 Å². The molecule has 0 radical (unpaired) electrons. The van der Waals surface area contributed by atoms with Gasteiger partial charge in [0.15, 0.2) is 0 Å². The number of nitrogens with one attached hydrogen (secondary N) is 1. The summed E-state index contributed by atoms with van der Waals surface area (Å²) in [5, 5.41) is 7.01. The first-order chi connectivity index (χ1) is 15.6. The zero-order valence-corrected chi connectivity index (χ0v) is 17.9. The molecule has 6 heteroatoms. The van der Waals surface area contributed by atoms with Gasteiger partial charge in [0, 0.05) is 47.0 Å². The second kappa shape index (κ2) is 7.81. The van der Waals surface area contributed by atoms with Crippen molar-refractivity contribution in [3.8, 4) is 0 Å². The van der Waals surface area contributed by atoms with Crippen LogP contribution in [0.1, 0.15) is 22.8 Å². The van der Waals surface area contributed by atoms with Gasteiger partial charge >= 0.3 is 0 Å². The molecule has 1 N–H and O–H groups in total. The molecule has 158 valence electrons. The van der Waals surface area contributed by atoms with Crippen LogP contribution in [0.15, 0.2) is 82.8 Å². The van der Waals surface area contributed by atoms with Crippen LogP contribution in [0, 0.1) is 0 Å². The zero-order valence-electron chi connectivity index (χ0n) is 17.9. The smallest absolute Gasteiger partial charge is 0.276 e. The molecule has 0 spiro atoms. The number of carbonyl (C=O) groups excluding carboxylic acids is 1. The summed E-state index contributed by atoms with van der Waals surface area (Å²) in [6.45, 7) is 2.98. The van der Waals surface area contributed by atoms with Crippen LogP contribution in [-0.4, -0.2) is 21.3 Å². The Hall–Kier alpha value is -4.19. The predicted octanol–water partition coefficient (Wildman–Crippen LogP) is 4.43. The van der Waals surface area contributed by atoms with Crippen LogP contribution >= 0.6 is 0 Å². The Morgan fingerprint density at radius 1 is 0.938 bits per heavy atom. The fourth-order valence-electron chi connectivity index (χ4n) is 4.31. The van der Waals surface area contributed by atoms with Crippen LogP contribution < -0.4 is 10.9 Å². The lowest BCUT2D eigenvalue weighted by Gasteiger charge is -2.07. The number of hydrogen-bond donors (Lipinski definition) is 1. The minimum atomic E-state index is -0.531. The van der Waals surface area contributed by atoms with Crippen LogP contribution in [0.2, 0.25) is 0 Å². The molecular formula is C26H22N4O2. The summed E-state index contributed by atoms with van der Waals surface area (Å²) in [6, 6.07) is 21.7. The molecule has 2 heterocycles. The first-order valence-electron chi connectivity index (χ1n) is 10.5. The van der Waals surface area contributed by atoms with Crippen LogP contribution in [0.4, 0.5) is 0 Å². The average Bonchev–Trinajstić information content (AvgIpc) is 3.14. The summed E-state index contributed by atoms with van der Waals surface area (Å²) in [7, 11) is 1.81. The Bertz CT molecular complexity index is 1590. The van der Waals surface area contributed by atoms with E-state index in [1.165, 1.54) is 16.3 Å². The lowest BCUT2D eigenvalue weighted by atomic mass is 10.1. The molecule has 0 aliphatic carbocycles. The SMILES string of the molecule is CCn1c2ccccc2c2ccc(C=NNC(=O)c3cn(C)c4ccccc4c3=O)cc21. The molecule has 2 aromatic heterocycles. The molecule has 0 fully saturated rings. The Kier molecular flexibility index (Phi) is 4.82. The zero-order chi connectivity index (χ0) is 22.2. The first-order valence-corrected chi connectivity index (χ1v) is 10.5. The number of pyridine rings is 1. The van der Waals surface area contributed by atoms with E-state index in [9.17, 15) is 9.59 Å². The van der Waals surface area contributed by atoms with Gasteiger partial charge < -0.3 is 9.13 Å². The molecule has 0 aliphatic heterocycles. The number of fused-ring (bicyclic) bond motifs is 4. The second-order valence-electron chi connectivity index (χ2n) is 7.74. The van der Waals surface area contributed by atoms with Crippen molar-refractivity contribution < 1.29 is 4.79 Å². The normalized spacial score (nSPS) is 11.7. The van der Waals surface area contributed by atoms with Gasteiger partial charge in [0.05, 0.1) is 11.7 Å². The number of nitrogens with zero attached hydrogens (tertiary/aromatic N) is 3. The lowest BCUT2D eigenvalue weighted by Crippen LogP contribution is -2.26. The van der Waals surface area contributed by atoms with E-state index in [2.05, 4.69) is 46.3 Å². The van der Waals surface area contributed by atoms with Gasteiger partial charge in [0.2, 0.25) is 5.43 Å². The van der Waals surface area contributed by atoms with Crippen LogP contribution in [0.3, 0.4) is 0 Å². The lowest BCUT2D eigenvalue weighted by molar-refractivity contribution is 0.0953. The molecule has 5 aromatic rings. The van der Waals surface area contributed by atoms with Crippen molar-refractivity contribution in [1.82, 2.24) is 14.6 Å².